The minimum absolute atomic E-state index is 0.00491. The number of fused-ring (bicyclic) bond motifs is 2. The van der Waals surface area contributed by atoms with E-state index in [1.54, 1.807) is 13.1 Å². The quantitative estimate of drug-likeness (QED) is 0.798. The molecule has 3 rings (SSSR count). The Morgan fingerprint density at radius 3 is 2.57 bits per heavy atom. The molecule has 0 saturated carbocycles. The second kappa shape index (κ2) is 6.71. The van der Waals surface area contributed by atoms with Gasteiger partial charge in [-0.25, -0.2) is 0 Å². The molecule has 3 N–H and O–H groups in total. The fourth-order valence-electron chi connectivity index (χ4n) is 3.89. The summed E-state index contributed by atoms with van der Waals surface area (Å²) in [6.45, 7) is 1.93. The Kier molecular flexibility index (Phi) is 4.66. The van der Waals surface area contributed by atoms with Gasteiger partial charge in [-0.15, -0.1) is 0 Å². The van der Waals surface area contributed by atoms with Crippen LogP contribution in [0.3, 0.4) is 0 Å². The number of amides is 2. The summed E-state index contributed by atoms with van der Waals surface area (Å²) in [5.74, 6) is 0.275. The van der Waals surface area contributed by atoms with Crippen LogP contribution in [0.1, 0.15) is 48.0 Å². The molecule has 2 bridgehead atoms. The van der Waals surface area contributed by atoms with Crippen LogP contribution in [0.25, 0.3) is 0 Å². The first-order valence-electron chi connectivity index (χ1n) is 8.43. The third-order valence-corrected chi connectivity index (χ3v) is 4.97. The Bertz CT molecular complexity index is 602. The van der Waals surface area contributed by atoms with E-state index < -0.39 is 0 Å². The summed E-state index contributed by atoms with van der Waals surface area (Å²) >= 11 is 0. The number of hydrogen-bond donors (Lipinski definition) is 3. The van der Waals surface area contributed by atoms with E-state index in [4.69, 9.17) is 0 Å². The zero-order valence-corrected chi connectivity index (χ0v) is 13.8. The molecule has 2 amide bonds. The van der Waals surface area contributed by atoms with E-state index in [1.165, 1.54) is 12.8 Å². The van der Waals surface area contributed by atoms with Crippen LogP contribution in [0.15, 0.2) is 18.2 Å². The van der Waals surface area contributed by atoms with Crippen LogP contribution in [0, 0.1) is 12.8 Å². The summed E-state index contributed by atoms with van der Waals surface area (Å²) in [5, 5.41) is 9.15. The molecule has 2 aliphatic heterocycles. The van der Waals surface area contributed by atoms with Crippen molar-refractivity contribution < 1.29 is 9.59 Å². The van der Waals surface area contributed by atoms with Crippen LogP contribution in [-0.2, 0) is 4.79 Å². The fraction of sp³-hybridized carbons (Fsp3) is 0.556. The molecule has 124 valence electrons. The van der Waals surface area contributed by atoms with E-state index in [2.05, 4.69) is 16.0 Å². The molecular formula is C18H25N3O2. The number of carbonyl (C=O) groups is 2. The summed E-state index contributed by atoms with van der Waals surface area (Å²) in [6, 6.07) is 6.70. The van der Waals surface area contributed by atoms with Crippen LogP contribution in [0.2, 0.25) is 0 Å². The van der Waals surface area contributed by atoms with Crippen LogP contribution < -0.4 is 16.0 Å². The maximum atomic E-state index is 12.4. The van der Waals surface area contributed by atoms with Gasteiger partial charge in [-0.1, -0.05) is 11.6 Å². The molecule has 2 saturated heterocycles. The molecule has 0 spiro atoms. The lowest BCUT2D eigenvalue weighted by atomic mass is 9.89. The van der Waals surface area contributed by atoms with Gasteiger partial charge in [0.15, 0.2) is 0 Å². The van der Waals surface area contributed by atoms with Crippen molar-refractivity contribution in [3.8, 4) is 0 Å². The van der Waals surface area contributed by atoms with Gasteiger partial charge < -0.3 is 16.0 Å². The predicted molar refractivity (Wildman–Crippen MR) is 90.5 cm³/mol. The number of anilines is 1. The van der Waals surface area contributed by atoms with E-state index in [0.29, 0.717) is 35.7 Å². The highest BCUT2D eigenvalue weighted by Gasteiger charge is 2.34. The predicted octanol–water partition coefficient (Wildman–Crippen LogP) is 2.21. The highest BCUT2D eigenvalue weighted by Crippen LogP contribution is 2.33. The monoisotopic (exact) mass is 315 g/mol. The fourth-order valence-corrected chi connectivity index (χ4v) is 3.89. The molecule has 1 aromatic carbocycles. The molecule has 2 unspecified atom stereocenters. The van der Waals surface area contributed by atoms with Gasteiger partial charge in [0.25, 0.3) is 5.91 Å². The standard InChI is InChI=1S/C18H25N3O2/c1-11-3-6-16(15(7-11)18(23)19-2)21-17(22)10-12-8-13-4-5-14(9-12)20-13/h3,6-7,12-14,20H,4-5,8-10H2,1-2H3,(H,19,23)(H,21,22). The van der Waals surface area contributed by atoms with E-state index in [9.17, 15) is 9.59 Å². The lowest BCUT2D eigenvalue weighted by molar-refractivity contribution is -0.117. The van der Waals surface area contributed by atoms with E-state index in [0.717, 1.165) is 18.4 Å². The Balaban J connectivity index is 1.65. The van der Waals surface area contributed by atoms with Crippen LogP contribution >= 0.6 is 0 Å². The maximum absolute atomic E-state index is 12.4. The Morgan fingerprint density at radius 1 is 1.22 bits per heavy atom. The van der Waals surface area contributed by atoms with Crippen molar-refractivity contribution in [3.63, 3.8) is 0 Å². The Labute approximate surface area is 137 Å². The van der Waals surface area contributed by atoms with Crippen molar-refractivity contribution in [2.24, 2.45) is 5.92 Å². The molecule has 2 aliphatic rings. The third-order valence-electron chi connectivity index (χ3n) is 4.97. The lowest BCUT2D eigenvalue weighted by Gasteiger charge is -2.28. The summed E-state index contributed by atoms with van der Waals surface area (Å²) < 4.78 is 0. The van der Waals surface area contributed by atoms with Crippen molar-refractivity contribution in [2.45, 2.75) is 51.1 Å². The van der Waals surface area contributed by atoms with Crippen LogP contribution in [0.4, 0.5) is 5.69 Å². The number of piperidine rings is 1. The lowest BCUT2D eigenvalue weighted by Crippen LogP contribution is -2.39. The van der Waals surface area contributed by atoms with Gasteiger partial charge in [-0.2, -0.15) is 0 Å². The van der Waals surface area contributed by atoms with Gasteiger partial charge in [0.2, 0.25) is 5.91 Å². The van der Waals surface area contributed by atoms with Gasteiger partial charge in [-0.05, 0) is 50.7 Å². The number of rotatable bonds is 4. The van der Waals surface area contributed by atoms with Gasteiger partial charge in [0.1, 0.15) is 0 Å². The molecule has 1 aromatic rings. The van der Waals surface area contributed by atoms with Crippen LogP contribution in [-0.4, -0.2) is 30.9 Å². The molecule has 0 radical (unpaired) electrons. The summed E-state index contributed by atoms with van der Waals surface area (Å²) in [7, 11) is 1.60. The SMILES string of the molecule is CNC(=O)c1cc(C)ccc1NC(=O)CC1CC2CCC(C1)N2. The number of hydrogen-bond acceptors (Lipinski definition) is 3. The molecule has 2 atom stereocenters. The van der Waals surface area contributed by atoms with E-state index in [-0.39, 0.29) is 11.8 Å². The molecule has 0 aliphatic carbocycles. The zero-order chi connectivity index (χ0) is 16.4. The third kappa shape index (κ3) is 3.72. The minimum Gasteiger partial charge on any atom is -0.355 e. The van der Waals surface area contributed by atoms with E-state index >= 15 is 0 Å². The van der Waals surface area contributed by atoms with Crippen molar-refractivity contribution in [1.29, 1.82) is 0 Å². The number of aryl methyl sites for hydroxylation is 1. The highest BCUT2D eigenvalue weighted by molar-refractivity contribution is 6.03. The van der Waals surface area contributed by atoms with Crippen molar-refractivity contribution in [1.82, 2.24) is 10.6 Å². The molecule has 5 nitrogen and oxygen atoms in total. The summed E-state index contributed by atoms with van der Waals surface area (Å²) in [5.41, 5.74) is 2.11. The smallest absolute Gasteiger partial charge is 0.253 e. The molecule has 2 fully saturated rings. The first-order chi connectivity index (χ1) is 11.0. The van der Waals surface area contributed by atoms with Gasteiger partial charge >= 0.3 is 0 Å². The Morgan fingerprint density at radius 2 is 1.91 bits per heavy atom. The molecule has 0 aromatic heterocycles. The summed E-state index contributed by atoms with van der Waals surface area (Å²) in [6.07, 6.45) is 5.18. The normalized spacial score (nSPS) is 25.9. The first kappa shape index (κ1) is 16.0. The van der Waals surface area contributed by atoms with Gasteiger partial charge in [0.05, 0.1) is 11.3 Å². The topological polar surface area (TPSA) is 70.2 Å². The Hall–Kier alpha value is -1.88. The van der Waals surface area contributed by atoms with Gasteiger partial charge in [-0.3, -0.25) is 9.59 Å². The molecule has 5 heteroatoms. The van der Waals surface area contributed by atoms with E-state index in [1.807, 2.05) is 19.1 Å². The highest BCUT2D eigenvalue weighted by atomic mass is 16.2. The maximum Gasteiger partial charge on any atom is 0.253 e. The minimum atomic E-state index is -0.177. The first-order valence-corrected chi connectivity index (χ1v) is 8.43. The average Bonchev–Trinajstić information content (AvgIpc) is 2.87. The zero-order valence-electron chi connectivity index (χ0n) is 13.8. The van der Waals surface area contributed by atoms with Crippen LogP contribution in [0.5, 0.6) is 0 Å². The van der Waals surface area contributed by atoms with Crippen molar-refractivity contribution >= 4 is 17.5 Å². The molecular weight excluding hydrogens is 290 g/mol. The average molecular weight is 315 g/mol. The second-order valence-corrected chi connectivity index (χ2v) is 6.86. The largest absolute Gasteiger partial charge is 0.355 e. The second-order valence-electron chi connectivity index (χ2n) is 6.86. The van der Waals surface area contributed by atoms with Crippen molar-refractivity contribution in [2.75, 3.05) is 12.4 Å². The number of benzene rings is 1. The molecule has 2 heterocycles. The summed E-state index contributed by atoms with van der Waals surface area (Å²) in [4.78, 5) is 24.4. The van der Waals surface area contributed by atoms with Gasteiger partial charge in [0, 0.05) is 25.6 Å². The number of carbonyl (C=O) groups excluding carboxylic acids is 2. The number of nitrogens with one attached hydrogen (secondary N) is 3. The molecule has 23 heavy (non-hydrogen) atoms. The van der Waals surface area contributed by atoms with Crippen molar-refractivity contribution in [3.05, 3.63) is 29.3 Å².